The number of carbonyl (C=O) groups is 2. The molecule has 1 aliphatic rings. The summed E-state index contributed by atoms with van der Waals surface area (Å²) >= 11 is 0. The van der Waals surface area contributed by atoms with Crippen LogP contribution >= 0.6 is 0 Å². The van der Waals surface area contributed by atoms with Crippen LogP contribution in [0, 0.1) is 5.92 Å². The second-order valence-electron chi connectivity index (χ2n) is 6.01. The van der Waals surface area contributed by atoms with E-state index in [2.05, 4.69) is 24.4 Å². The van der Waals surface area contributed by atoms with E-state index < -0.39 is 0 Å². The molecule has 1 aliphatic heterocycles. The monoisotopic (exact) mass is 302 g/mol. The van der Waals surface area contributed by atoms with Crippen LogP contribution in [-0.2, 0) is 9.59 Å². The van der Waals surface area contributed by atoms with Gasteiger partial charge in [-0.3, -0.25) is 9.59 Å². The first kappa shape index (κ1) is 16.5. The molecule has 0 bridgehead atoms. The maximum absolute atomic E-state index is 12.6. The van der Waals surface area contributed by atoms with Crippen molar-refractivity contribution in [1.29, 1.82) is 0 Å². The highest BCUT2D eigenvalue weighted by atomic mass is 16.2. The molecule has 4 nitrogen and oxygen atoms in total. The van der Waals surface area contributed by atoms with Gasteiger partial charge in [-0.15, -0.1) is 0 Å². The second-order valence-corrected chi connectivity index (χ2v) is 6.01. The molecule has 1 aromatic rings. The van der Waals surface area contributed by atoms with Crippen LogP contribution in [0.2, 0.25) is 0 Å². The molecule has 2 atom stereocenters. The molecule has 1 aromatic carbocycles. The van der Waals surface area contributed by atoms with Gasteiger partial charge in [0.2, 0.25) is 11.8 Å². The topological polar surface area (TPSA) is 49.4 Å². The SMILES string of the molecule is CCC(CC(=O)N1CCCC(C(=O)NC)C1)c1ccccc1. The van der Waals surface area contributed by atoms with Gasteiger partial charge < -0.3 is 10.2 Å². The number of benzene rings is 1. The quantitative estimate of drug-likeness (QED) is 0.909. The lowest BCUT2D eigenvalue weighted by Crippen LogP contribution is -2.45. The number of likely N-dealkylation sites (tertiary alicyclic amines) is 1. The average molecular weight is 302 g/mol. The predicted octanol–water partition coefficient (Wildman–Crippen LogP) is 2.55. The summed E-state index contributed by atoms with van der Waals surface area (Å²) in [5.74, 6) is 0.422. The number of piperidine rings is 1. The molecule has 4 heteroatoms. The minimum Gasteiger partial charge on any atom is -0.359 e. The van der Waals surface area contributed by atoms with Crippen LogP contribution in [0.1, 0.15) is 44.1 Å². The molecule has 1 fully saturated rings. The normalized spacial score (nSPS) is 19.5. The molecule has 2 unspecified atom stereocenters. The van der Waals surface area contributed by atoms with E-state index in [1.54, 1.807) is 7.05 Å². The predicted molar refractivity (Wildman–Crippen MR) is 87.5 cm³/mol. The summed E-state index contributed by atoms with van der Waals surface area (Å²) in [7, 11) is 1.66. The Morgan fingerprint density at radius 1 is 1.32 bits per heavy atom. The van der Waals surface area contributed by atoms with Crippen LogP contribution in [0.5, 0.6) is 0 Å². The van der Waals surface area contributed by atoms with Crippen molar-refractivity contribution < 1.29 is 9.59 Å². The van der Waals surface area contributed by atoms with Crippen LogP contribution in [0.4, 0.5) is 0 Å². The smallest absolute Gasteiger partial charge is 0.224 e. The summed E-state index contributed by atoms with van der Waals surface area (Å²) in [6.45, 7) is 3.45. The van der Waals surface area contributed by atoms with Crippen molar-refractivity contribution in [3.05, 3.63) is 35.9 Å². The lowest BCUT2D eigenvalue weighted by molar-refractivity contribution is -0.135. The fraction of sp³-hybridized carbons (Fsp3) is 0.556. The Kier molecular flexibility index (Phi) is 5.99. The molecule has 1 heterocycles. The molecule has 22 heavy (non-hydrogen) atoms. The third kappa shape index (κ3) is 4.09. The van der Waals surface area contributed by atoms with Gasteiger partial charge >= 0.3 is 0 Å². The number of hydrogen-bond donors (Lipinski definition) is 1. The number of carbonyl (C=O) groups excluding carboxylic acids is 2. The van der Waals surface area contributed by atoms with E-state index in [0.717, 1.165) is 25.8 Å². The van der Waals surface area contributed by atoms with Crippen molar-refractivity contribution in [3.8, 4) is 0 Å². The average Bonchev–Trinajstić information content (AvgIpc) is 2.59. The summed E-state index contributed by atoms with van der Waals surface area (Å²) in [5, 5.41) is 2.70. The highest BCUT2D eigenvalue weighted by Gasteiger charge is 2.28. The van der Waals surface area contributed by atoms with Crippen LogP contribution < -0.4 is 5.32 Å². The van der Waals surface area contributed by atoms with E-state index in [1.807, 2.05) is 23.1 Å². The molecular formula is C18H26N2O2. The van der Waals surface area contributed by atoms with Crippen molar-refractivity contribution in [2.75, 3.05) is 20.1 Å². The van der Waals surface area contributed by atoms with Gasteiger partial charge in [0, 0.05) is 26.6 Å². The minimum absolute atomic E-state index is 0.0487. The molecule has 1 saturated heterocycles. The molecule has 2 rings (SSSR count). The summed E-state index contributed by atoms with van der Waals surface area (Å²) in [6, 6.07) is 10.2. The van der Waals surface area contributed by atoms with E-state index in [0.29, 0.717) is 13.0 Å². The Balaban J connectivity index is 1.97. The van der Waals surface area contributed by atoms with Gasteiger partial charge in [-0.1, -0.05) is 37.3 Å². The molecular weight excluding hydrogens is 276 g/mol. The Bertz CT molecular complexity index is 501. The molecule has 2 amide bonds. The third-order valence-corrected chi connectivity index (χ3v) is 4.58. The lowest BCUT2D eigenvalue weighted by atomic mass is 9.91. The van der Waals surface area contributed by atoms with Gasteiger partial charge in [0.15, 0.2) is 0 Å². The van der Waals surface area contributed by atoms with Gasteiger partial charge in [0.1, 0.15) is 0 Å². The van der Waals surface area contributed by atoms with Crippen molar-refractivity contribution in [2.45, 2.75) is 38.5 Å². The van der Waals surface area contributed by atoms with E-state index in [1.165, 1.54) is 5.56 Å². The van der Waals surface area contributed by atoms with Crippen LogP contribution in [0.25, 0.3) is 0 Å². The maximum atomic E-state index is 12.6. The second kappa shape index (κ2) is 7.97. The first-order valence-electron chi connectivity index (χ1n) is 8.20. The lowest BCUT2D eigenvalue weighted by Gasteiger charge is -2.32. The first-order valence-corrected chi connectivity index (χ1v) is 8.20. The standard InChI is InChI=1S/C18H26N2O2/c1-3-14(15-8-5-4-6-9-15)12-17(21)20-11-7-10-16(13-20)18(22)19-2/h4-6,8-9,14,16H,3,7,10-13H2,1-2H3,(H,19,22). The molecule has 120 valence electrons. The number of nitrogens with one attached hydrogen (secondary N) is 1. The zero-order valence-corrected chi connectivity index (χ0v) is 13.5. The molecule has 0 saturated carbocycles. The molecule has 1 N–H and O–H groups in total. The van der Waals surface area contributed by atoms with Crippen LogP contribution in [0.3, 0.4) is 0 Å². The highest BCUT2D eigenvalue weighted by molar-refractivity contribution is 5.81. The highest BCUT2D eigenvalue weighted by Crippen LogP contribution is 2.25. The Morgan fingerprint density at radius 2 is 2.05 bits per heavy atom. The van der Waals surface area contributed by atoms with Crippen molar-refractivity contribution in [2.24, 2.45) is 5.92 Å². The van der Waals surface area contributed by atoms with Crippen molar-refractivity contribution >= 4 is 11.8 Å². The fourth-order valence-corrected chi connectivity index (χ4v) is 3.18. The van der Waals surface area contributed by atoms with Gasteiger partial charge in [0.05, 0.1) is 5.92 Å². The van der Waals surface area contributed by atoms with Crippen LogP contribution in [0.15, 0.2) is 30.3 Å². The molecule has 0 aliphatic carbocycles. The van der Waals surface area contributed by atoms with Crippen molar-refractivity contribution in [1.82, 2.24) is 10.2 Å². The first-order chi connectivity index (χ1) is 10.7. The van der Waals surface area contributed by atoms with Gasteiger partial charge in [0.25, 0.3) is 0 Å². The van der Waals surface area contributed by atoms with Crippen LogP contribution in [-0.4, -0.2) is 36.9 Å². The minimum atomic E-state index is -0.0560. The Morgan fingerprint density at radius 3 is 2.68 bits per heavy atom. The fourth-order valence-electron chi connectivity index (χ4n) is 3.18. The maximum Gasteiger partial charge on any atom is 0.224 e. The van der Waals surface area contributed by atoms with E-state index >= 15 is 0 Å². The largest absolute Gasteiger partial charge is 0.359 e. The Hall–Kier alpha value is -1.84. The summed E-state index contributed by atoms with van der Waals surface area (Å²) in [5.41, 5.74) is 1.22. The molecule has 0 spiro atoms. The van der Waals surface area contributed by atoms with Gasteiger partial charge in [-0.25, -0.2) is 0 Å². The summed E-state index contributed by atoms with van der Waals surface area (Å²) < 4.78 is 0. The zero-order valence-electron chi connectivity index (χ0n) is 13.5. The summed E-state index contributed by atoms with van der Waals surface area (Å²) in [4.78, 5) is 26.2. The van der Waals surface area contributed by atoms with Crippen molar-refractivity contribution in [3.63, 3.8) is 0 Å². The number of amides is 2. The van der Waals surface area contributed by atoms with Gasteiger partial charge in [-0.05, 0) is 30.7 Å². The molecule has 0 radical (unpaired) electrons. The Labute approximate surface area is 132 Å². The number of hydrogen-bond acceptors (Lipinski definition) is 2. The van der Waals surface area contributed by atoms with E-state index in [4.69, 9.17) is 0 Å². The summed E-state index contributed by atoms with van der Waals surface area (Å²) in [6.07, 6.45) is 3.26. The zero-order chi connectivity index (χ0) is 15.9. The van der Waals surface area contributed by atoms with E-state index in [9.17, 15) is 9.59 Å². The third-order valence-electron chi connectivity index (χ3n) is 4.58. The number of nitrogens with zero attached hydrogens (tertiary/aromatic N) is 1. The molecule has 0 aromatic heterocycles. The van der Waals surface area contributed by atoms with Gasteiger partial charge in [-0.2, -0.15) is 0 Å². The van der Waals surface area contributed by atoms with E-state index in [-0.39, 0.29) is 23.7 Å². The number of rotatable bonds is 5.